The molecule has 1 fully saturated rings. The van der Waals surface area contributed by atoms with Crippen LogP contribution in [0.15, 0.2) is 72.8 Å². The summed E-state index contributed by atoms with van der Waals surface area (Å²) in [7, 11) is 0. The first kappa shape index (κ1) is 21.6. The van der Waals surface area contributed by atoms with Crippen molar-refractivity contribution in [1.82, 2.24) is 24.5 Å². The van der Waals surface area contributed by atoms with E-state index in [1.165, 1.54) is 0 Å². The third kappa shape index (κ3) is 3.88. The summed E-state index contributed by atoms with van der Waals surface area (Å²) in [6.45, 7) is 4.57. The number of aromatic nitrogens is 4. The van der Waals surface area contributed by atoms with Crippen LogP contribution in [-0.4, -0.2) is 56.6 Å². The van der Waals surface area contributed by atoms with E-state index in [4.69, 9.17) is 16.6 Å². The highest BCUT2D eigenvalue weighted by Gasteiger charge is 2.26. The van der Waals surface area contributed by atoms with E-state index in [1.807, 2.05) is 89.0 Å². The molecule has 3 aromatic carbocycles. The van der Waals surface area contributed by atoms with Crippen LogP contribution in [0.4, 0.5) is 5.95 Å². The first-order chi connectivity index (χ1) is 17.1. The van der Waals surface area contributed by atoms with Crippen molar-refractivity contribution in [2.75, 3.05) is 31.1 Å². The van der Waals surface area contributed by atoms with Gasteiger partial charge in [0.15, 0.2) is 11.5 Å². The Labute approximate surface area is 207 Å². The van der Waals surface area contributed by atoms with E-state index in [2.05, 4.69) is 15.1 Å². The number of halogens is 1. The van der Waals surface area contributed by atoms with Gasteiger partial charge in [-0.3, -0.25) is 4.79 Å². The van der Waals surface area contributed by atoms with Gasteiger partial charge in [0, 0.05) is 47.7 Å². The van der Waals surface area contributed by atoms with Crippen LogP contribution in [0, 0.1) is 6.92 Å². The quantitative estimate of drug-likeness (QED) is 0.367. The largest absolute Gasteiger partial charge is 0.338 e. The maximum atomic E-state index is 13.0. The molecule has 0 N–H and O–H groups in total. The number of amides is 1. The first-order valence-corrected chi connectivity index (χ1v) is 12.0. The lowest BCUT2D eigenvalue weighted by Gasteiger charge is -2.35. The van der Waals surface area contributed by atoms with Crippen LogP contribution in [0.5, 0.6) is 0 Å². The molecule has 2 aromatic heterocycles. The number of nitrogens with zero attached hydrogens (tertiary/aromatic N) is 6. The van der Waals surface area contributed by atoms with Crippen LogP contribution in [0.25, 0.3) is 27.9 Å². The molecule has 3 heterocycles. The second kappa shape index (κ2) is 8.67. The van der Waals surface area contributed by atoms with Gasteiger partial charge in [-0.2, -0.15) is 0 Å². The predicted molar refractivity (Wildman–Crippen MR) is 138 cm³/mol. The van der Waals surface area contributed by atoms with Crippen LogP contribution in [0.3, 0.4) is 0 Å². The van der Waals surface area contributed by atoms with Crippen molar-refractivity contribution in [2.24, 2.45) is 0 Å². The van der Waals surface area contributed by atoms with E-state index >= 15 is 0 Å². The van der Waals surface area contributed by atoms with Crippen LogP contribution in [0.2, 0.25) is 5.02 Å². The van der Waals surface area contributed by atoms with Gasteiger partial charge in [-0.05, 0) is 55.5 Å². The number of para-hydroxylation sites is 1. The maximum absolute atomic E-state index is 13.0. The van der Waals surface area contributed by atoms with Crippen LogP contribution < -0.4 is 4.90 Å². The molecule has 1 aliphatic rings. The van der Waals surface area contributed by atoms with Crippen molar-refractivity contribution in [3.05, 3.63) is 88.9 Å². The second-order valence-electron chi connectivity index (χ2n) is 8.76. The molecule has 0 saturated carbocycles. The number of benzene rings is 3. The number of rotatable bonds is 3. The molecule has 174 valence electrons. The summed E-state index contributed by atoms with van der Waals surface area (Å²) in [6, 6.07) is 23.3. The van der Waals surface area contributed by atoms with Crippen molar-refractivity contribution in [2.45, 2.75) is 6.92 Å². The molecule has 5 aromatic rings. The van der Waals surface area contributed by atoms with Gasteiger partial charge < -0.3 is 9.80 Å². The molecule has 8 heteroatoms. The number of hydrogen-bond donors (Lipinski definition) is 0. The molecule has 1 amide bonds. The Balaban J connectivity index is 1.37. The van der Waals surface area contributed by atoms with Gasteiger partial charge in [-0.25, -0.2) is 9.38 Å². The number of carbonyl (C=O) groups excluding carboxylic acids is 1. The van der Waals surface area contributed by atoms with Gasteiger partial charge in [0.2, 0.25) is 5.95 Å². The van der Waals surface area contributed by atoms with Gasteiger partial charge in [0.05, 0.1) is 5.52 Å². The van der Waals surface area contributed by atoms with Gasteiger partial charge in [-0.1, -0.05) is 41.4 Å². The van der Waals surface area contributed by atoms with Crippen molar-refractivity contribution >= 4 is 40.0 Å². The van der Waals surface area contributed by atoms with Gasteiger partial charge >= 0.3 is 0 Å². The highest BCUT2D eigenvalue weighted by molar-refractivity contribution is 6.30. The number of carbonyl (C=O) groups is 1. The monoisotopic (exact) mass is 482 g/mol. The van der Waals surface area contributed by atoms with Crippen LogP contribution in [0.1, 0.15) is 15.9 Å². The fraction of sp³-hybridized carbons (Fsp3) is 0.185. The smallest absolute Gasteiger partial charge is 0.253 e. The third-order valence-electron chi connectivity index (χ3n) is 6.48. The van der Waals surface area contributed by atoms with Gasteiger partial charge in [0.1, 0.15) is 0 Å². The minimum Gasteiger partial charge on any atom is -0.338 e. The Bertz CT molecular complexity index is 1540. The fourth-order valence-electron chi connectivity index (χ4n) is 4.55. The lowest BCUT2D eigenvalue weighted by molar-refractivity contribution is 0.0746. The number of hydrogen-bond acceptors (Lipinski definition) is 5. The first-order valence-electron chi connectivity index (χ1n) is 11.6. The standard InChI is InChI=1S/C27H23ClN6O/c1-18-6-8-20(9-7-18)26(35)32-14-16-33(17-15-32)27-29-23-5-3-2-4-22(23)25-31-30-24(34(25)27)19-10-12-21(28)13-11-19/h2-13H,14-17H2,1H3. The lowest BCUT2D eigenvalue weighted by Crippen LogP contribution is -2.49. The highest BCUT2D eigenvalue weighted by Crippen LogP contribution is 2.29. The summed E-state index contributed by atoms with van der Waals surface area (Å²) in [6.07, 6.45) is 0. The molecule has 1 aliphatic heterocycles. The van der Waals surface area contributed by atoms with Crippen molar-refractivity contribution in [1.29, 1.82) is 0 Å². The number of fused-ring (bicyclic) bond motifs is 3. The topological polar surface area (TPSA) is 66.6 Å². The molecule has 35 heavy (non-hydrogen) atoms. The summed E-state index contributed by atoms with van der Waals surface area (Å²) < 4.78 is 2.02. The second-order valence-corrected chi connectivity index (χ2v) is 9.20. The van der Waals surface area contributed by atoms with E-state index in [9.17, 15) is 4.79 Å². The van der Waals surface area contributed by atoms with Crippen LogP contribution in [-0.2, 0) is 0 Å². The van der Waals surface area contributed by atoms with Crippen molar-refractivity contribution in [3.8, 4) is 11.4 Å². The molecule has 0 unspecified atom stereocenters. The Kier molecular flexibility index (Phi) is 5.34. The average Bonchev–Trinajstić information content (AvgIpc) is 3.34. The number of anilines is 1. The SMILES string of the molecule is Cc1ccc(C(=O)N2CCN(c3nc4ccccc4c4nnc(-c5ccc(Cl)cc5)n34)CC2)cc1. The van der Waals surface area contributed by atoms with E-state index in [-0.39, 0.29) is 5.91 Å². The summed E-state index contributed by atoms with van der Waals surface area (Å²) in [5.74, 6) is 1.55. The predicted octanol–water partition coefficient (Wildman–Crippen LogP) is 4.87. The van der Waals surface area contributed by atoms with Crippen molar-refractivity contribution < 1.29 is 4.79 Å². The molecular formula is C27H23ClN6O. The maximum Gasteiger partial charge on any atom is 0.253 e. The van der Waals surface area contributed by atoms with Crippen molar-refractivity contribution in [3.63, 3.8) is 0 Å². The van der Waals surface area contributed by atoms with E-state index in [0.29, 0.717) is 37.0 Å². The molecular weight excluding hydrogens is 460 g/mol. The molecule has 7 nitrogen and oxygen atoms in total. The molecule has 0 bridgehead atoms. The summed E-state index contributed by atoms with van der Waals surface area (Å²) in [4.78, 5) is 22.2. The highest BCUT2D eigenvalue weighted by atomic mass is 35.5. The third-order valence-corrected chi connectivity index (χ3v) is 6.73. The normalized spacial score (nSPS) is 14.1. The van der Waals surface area contributed by atoms with E-state index < -0.39 is 0 Å². The average molecular weight is 483 g/mol. The van der Waals surface area contributed by atoms with E-state index in [1.54, 1.807) is 0 Å². The zero-order valence-electron chi connectivity index (χ0n) is 19.2. The Morgan fingerprint density at radius 1 is 0.857 bits per heavy atom. The zero-order valence-corrected chi connectivity index (χ0v) is 20.0. The molecule has 1 saturated heterocycles. The summed E-state index contributed by atoms with van der Waals surface area (Å²) >= 11 is 6.12. The zero-order chi connectivity index (χ0) is 23.9. The molecule has 0 radical (unpaired) electrons. The summed E-state index contributed by atoms with van der Waals surface area (Å²) in [5, 5.41) is 10.7. The minimum atomic E-state index is 0.0624. The Morgan fingerprint density at radius 3 is 2.31 bits per heavy atom. The number of piperazine rings is 1. The van der Waals surface area contributed by atoms with Crippen LogP contribution >= 0.6 is 11.6 Å². The molecule has 0 spiro atoms. The molecule has 0 atom stereocenters. The number of aryl methyl sites for hydroxylation is 1. The Morgan fingerprint density at radius 2 is 1.57 bits per heavy atom. The van der Waals surface area contributed by atoms with E-state index in [0.717, 1.165) is 39.2 Å². The van der Waals surface area contributed by atoms with Gasteiger partial charge in [-0.15, -0.1) is 10.2 Å². The molecule has 6 rings (SSSR count). The fourth-order valence-corrected chi connectivity index (χ4v) is 4.68. The van der Waals surface area contributed by atoms with Gasteiger partial charge in [0.25, 0.3) is 5.91 Å². The lowest BCUT2D eigenvalue weighted by atomic mass is 10.1. The minimum absolute atomic E-state index is 0.0624. The summed E-state index contributed by atoms with van der Waals surface area (Å²) in [5.41, 5.74) is 4.40. The Hall–Kier alpha value is -3.97. The molecule has 0 aliphatic carbocycles.